The summed E-state index contributed by atoms with van der Waals surface area (Å²) in [6, 6.07) is 16.7. The molecule has 0 fully saturated rings. The van der Waals surface area contributed by atoms with E-state index >= 15 is 0 Å². The largest absolute Gasteiger partial charge is 0.482 e. The van der Waals surface area contributed by atoms with Crippen molar-refractivity contribution in [3.63, 3.8) is 0 Å². The second kappa shape index (κ2) is 9.59. The average molecular weight is 421 g/mol. The van der Waals surface area contributed by atoms with Gasteiger partial charge < -0.3 is 14.8 Å². The van der Waals surface area contributed by atoms with Gasteiger partial charge in [-0.3, -0.25) is 9.36 Å². The number of esters is 1. The van der Waals surface area contributed by atoms with Gasteiger partial charge in [-0.2, -0.15) is 5.26 Å². The van der Waals surface area contributed by atoms with Crippen molar-refractivity contribution in [2.24, 2.45) is 0 Å². The molecule has 0 aliphatic heterocycles. The lowest BCUT2D eigenvalue weighted by molar-refractivity contribution is -0.149. The molecule has 158 valence electrons. The number of anilines is 1. The van der Waals surface area contributed by atoms with Crippen LogP contribution in [-0.2, 0) is 14.3 Å². The molecule has 0 atom stereocenters. The Morgan fingerprint density at radius 1 is 1.10 bits per heavy atom. The molecule has 0 unspecified atom stereocenters. The van der Waals surface area contributed by atoms with Gasteiger partial charge in [-0.15, -0.1) is 0 Å². The topological polar surface area (TPSA) is 93.3 Å². The summed E-state index contributed by atoms with van der Waals surface area (Å²) in [5, 5.41) is 12.2. The predicted octanol–water partition coefficient (Wildman–Crippen LogP) is 3.67. The molecule has 0 saturated heterocycles. The first kappa shape index (κ1) is 21.6. The first-order chi connectivity index (χ1) is 14.9. The van der Waals surface area contributed by atoms with Crippen LogP contribution in [0.15, 0.2) is 54.6 Å². The van der Waals surface area contributed by atoms with Gasteiger partial charge in [0.15, 0.2) is 13.2 Å². The van der Waals surface area contributed by atoms with Crippen LogP contribution in [0.25, 0.3) is 5.69 Å². The average Bonchev–Trinajstić information content (AvgIpc) is 3.00. The number of ether oxygens (including phenoxy) is 2. The second-order valence-corrected chi connectivity index (χ2v) is 6.67. The highest BCUT2D eigenvalue weighted by atomic mass is 19.1. The Labute approximate surface area is 178 Å². The molecule has 0 spiro atoms. The Morgan fingerprint density at radius 3 is 2.52 bits per heavy atom. The first-order valence-electron chi connectivity index (χ1n) is 9.42. The number of hydrogen-bond acceptors (Lipinski definition) is 5. The molecular weight excluding hydrogens is 401 g/mol. The summed E-state index contributed by atoms with van der Waals surface area (Å²) in [4.78, 5) is 24.3. The van der Waals surface area contributed by atoms with E-state index in [-0.39, 0.29) is 5.75 Å². The summed E-state index contributed by atoms with van der Waals surface area (Å²) in [6.45, 7) is 2.61. The second-order valence-electron chi connectivity index (χ2n) is 6.67. The molecule has 7 nitrogen and oxygen atoms in total. The van der Waals surface area contributed by atoms with Gasteiger partial charge in [0.25, 0.3) is 5.91 Å². The number of rotatable bonds is 7. The SMILES string of the molecule is Cc1c(C#N)c(NC(=O)COC(=O)COc2cccc(F)c2)n(-c2ccccc2)c1C. The molecule has 2 aromatic carbocycles. The van der Waals surface area contributed by atoms with Crippen LogP contribution in [0.3, 0.4) is 0 Å². The van der Waals surface area contributed by atoms with Gasteiger partial charge in [-0.25, -0.2) is 9.18 Å². The van der Waals surface area contributed by atoms with E-state index in [2.05, 4.69) is 11.4 Å². The van der Waals surface area contributed by atoms with Crippen molar-refractivity contribution < 1.29 is 23.5 Å². The van der Waals surface area contributed by atoms with E-state index in [4.69, 9.17) is 9.47 Å². The van der Waals surface area contributed by atoms with Crippen molar-refractivity contribution >= 4 is 17.7 Å². The number of benzene rings is 2. The van der Waals surface area contributed by atoms with E-state index < -0.39 is 30.9 Å². The fourth-order valence-electron chi connectivity index (χ4n) is 3.02. The molecule has 0 saturated carbocycles. The van der Waals surface area contributed by atoms with Crippen molar-refractivity contribution in [3.05, 3.63) is 77.2 Å². The molecule has 0 radical (unpaired) electrons. The summed E-state index contributed by atoms with van der Waals surface area (Å²) in [5.41, 5.74) is 2.65. The molecule has 0 aliphatic carbocycles. The van der Waals surface area contributed by atoms with E-state index in [1.165, 1.54) is 18.2 Å². The number of amides is 1. The highest BCUT2D eigenvalue weighted by molar-refractivity contribution is 5.94. The maximum absolute atomic E-state index is 13.1. The lowest BCUT2D eigenvalue weighted by atomic mass is 10.2. The Morgan fingerprint density at radius 2 is 1.84 bits per heavy atom. The van der Waals surface area contributed by atoms with E-state index in [9.17, 15) is 19.2 Å². The van der Waals surface area contributed by atoms with Gasteiger partial charge in [-0.1, -0.05) is 24.3 Å². The summed E-state index contributed by atoms with van der Waals surface area (Å²) in [7, 11) is 0. The van der Waals surface area contributed by atoms with E-state index in [1.807, 2.05) is 37.3 Å². The molecule has 8 heteroatoms. The van der Waals surface area contributed by atoms with Crippen LogP contribution >= 0.6 is 0 Å². The first-order valence-corrected chi connectivity index (χ1v) is 9.42. The van der Waals surface area contributed by atoms with E-state index in [1.54, 1.807) is 11.5 Å². The van der Waals surface area contributed by atoms with Crippen molar-refractivity contribution in [1.29, 1.82) is 5.26 Å². The number of halogens is 1. The van der Waals surface area contributed by atoms with Crippen molar-refractivity contribution in [2.45, 2.75) is 13.8 Å². The van der Waals surface area contributed by atoms with Crippen LogP contribution in [0.4, 0.5) is 10.2 Å². The summed E-state index contributed by atoms with van der Waals surface area (Å²) < 4.78 is 25.0. The Hall–Kier alpha value is -4.12. The van der Waals surface area contributed by atoms with E-state index in [0.29, 0.717) is 11.4 Å². The molecule has 3 aromatic rings. The fraction of sp³-hybridized carbons (Fsp3) is 0.174. The van der Waals surface area contributed by atoms with Crippen LogP contribution in [0, 0.1) is 31.0 Å². The maximum atomic E-state index is 13.1. The van der Waals surface area contributed by atoms with Gasteiger partial charge in [0.2, 0.25) is 0 Å². The van der Waals surface area contributed by atoms with Crippen LogP contribution < -0.4 is 10.1 Å². The fourth-order valence-corrected chi connectivity index (χ4v) is 3.02. The molecule has 3 rings (SSSR count). The van der Waals surface area contributed by atoms with Crippen molar-refractivity contribution in [2.75, 3.05) is 18.5 Å². The Balaban J connectivity index is 1.66. The molecule has 1 N–H and O–H groups in total. The molecule has 0 aliphatic rings. The van der Waals surface area contributed by atoms with Gasteiger partial charge >= 0.3 is 5.97 Å². The van der Waals surface area contributed by atoms with Crippen LogP contribution in [0.2, 0.25) is 0 Å². The quantitative estimate of drug-likeness (QED) is 0.588. The summed E-state index contributed by atoms with van der Waals surface area (Å²) >= 11 is 0. The van der Waals surface area contributed by atoms with Gasteiger partial charge in [0.05, 0.1) is 5.56 Å². The zero-order valence-corrected chi connectivity index (χ0v) is 17.0. The number of nitrogens with zero attached hydrogens (tertiary/aromatic N) is 2. The molecule has 0 bridgehead atoms. The van der Waals surface area contributed by atoms with Crippen molar-refractivity contribution in [1.82, 2.24) is 4.57 Å². The highest BCUT2D eigenvalue weighted by Gasteiger charge is 2.21. The molecule has 1 aromatic heterocycles. The predicted molar refractivity (Wildman–Crippen MR) is 111 cm³/mol. The van der Waals surface area contributed by atoms with E-state index in [0.717, 1.165) is 23.0 Å². The standard InChI is InChI=1S/C23H20FN3O4/c1-15-16(2)27(18-8-4-3-5-9-18)23(20(15)12-25)26-21(28)13-31-22(29)14-30-19-10-6-7-17(24)11-19/h3-11H,13-14H2,1-2H3,(H,26,28). The van der Waals surface area contributed by atoms with Gasteiger partial charge in [-0.05, 0) is 43.7 Å². The molecular formula is C23H20FN3O4. The number of nitriles is 1. The third-order valence-corrected chi connectivity index (χ3v) is 4.61. The monoisotopic (exact) mass is 421 g/mol. The lowest BCUT2D eigenvalue weighted by Crippen LogP contribution is -2.25. The van der Waals surface area contributed by atoms with Crippen LogP contribution in [-0.4, -0.2) is 29.7 Å². The zero-order chi connectivity index (χ0) is 22.4. The molecule has 1 amide bonds. The van der Waals surface area contributed by atoms with Crippen LogP contribution in [0.5, 0.6) is 5.75 Å². The maximum Gasteiger partial charge on any atom is 0.344 e. The van der Waals surface area contributed by atoms with Gasteiger partial charge in [0.1, 0.15) is 23.5 Å². The highest BCUT2D eigenvalue weighted by Crippen LogP contribution is 2.29. The number of para-hydroxylation sites is 1. The number of carbonyl (C=O) groups is 2. The summed E-state index contributed by atoms with van der Waals surface area (Å²) in [6.07, 6.45) is 0. The minimum Gasteiger partial charge on any atom is -0.482 e. The number of hydrogen-bond donors (Lipinski definition) is 1. The lowest BCUT2D eigenvalue weighted by Gasteiger charge is -2.13. The molecule has 1 heterocycles. The number of aromatic nitrogens is 1. The number of nitrogens with one attached hydrogen (secondary N) is 1. The Kier molecular flexibility index (Phi) is 6.67. The van der Waals surface area contributed by atoms with Crippen LogP contribution in [0.1, 0.15) is 16.8 Å². The normalized spacial score (nSPS) is 10.3. The minimum absolute atomic E-state index is 0.173. The van der Waals surface area contributed by atoms with Crippen molar-refractivity contribution in [3.8, 4) is 17.5 Å². The molecule has 31 heavy (non-hydrogen) atoms. The third-order valence-electron chi connectivity index (χ3n) is 4.61. The Bertz CT molecular complexity index is 1150. The zero-order valence-electron chi connectivity index (χ0n) is 17.0. The third kappa shape index (κ3) is 5.08. The number of carbonyl (C=O) groups excluding carboxylic acids is 2. The summed E-state index contributed by atoms with van der Waals surface area (Å²) in [5.74, 6) is -1.41. The van der Waals surface area contributed by atoms with Gasteiger partial charge in [0, 0.05) is 17.4 Å². The minimum atomic E-state index is -0.786. The smallest absolute Gasteiger partial charge is 0.344 e.